The molecule has 0 bridgehead atoms. The van der Waals surface area contributed by atoms with Crippen molar-refractivity contribution in [2.45, 2.75) is 24.6 Å². The van der Waals surface area contributed by atoms with E-state index in [1.807, 2.05) is 61.0 Å². The molecule has 1 fully saturated rings. The summed E-state index contributed by atoms with van der Waals surface area (Å²) in [5, 5.41) is 2.63. The molecule has 0 radical (unpaired) electrons. The van der Waals surface area contributed by atoms with Crippen molar-refractivity contribution in [2.75, 3.05) is 20.8 Å². The third-order valence-electron chi connectivity index (χ3n) is 5.34. The number of hydrogen-bond acceptors (Lipinski definition) is 5. The molecule has 2 unspecified atom stereocenters. The van der Waals surface area contributed by atoms with Crippen molar-refractivity contribution < 1.29 is 14.3 Å². The van der Waals surface area contributed by atoms with Gasteiger partial charge in [0, 0.05) is 37.4 Å². The first kappa shape index (κ1) is 19.8. The Morgan fingerprint density at radius 3 is 2.76 bits per heavy atom. The lowest BCUT2D eigenvalue weighted by atomic mass is 9.85. The van der Waals surface area contributed by atoms with E-state index in [2.05, 4.69) is 21.7 Å². The molecule has 1 aliphatic heterocycles. The number of methoxy groups -OCH3 is 1. The number of rotatable bonds is 7. The largest absolute Gasteiger partial charge is 0.497 e. The molecule has 29 heavy (non-hydrogen) atoms. The number of likely N-dealkylation sites (N-methyl/N-ethyl adjacent to an activating group) is 1. The number of halogens is 1. The summed E-state index contributed by atoms with van der Waals surface area (Å²) in [4.78, 5) is 10.4. The predicted molar refractivity (Wildman–Crippen MR) is 111 cm³/mol. The Kier molecular flexibility index (Phi) is 5.76. The van der Waals surface area contributed by atoms with Gasteiger partial charge in [-0.3, -0.25) is 4.84 Å². The predicted octanol–water partition coefficient (Wildman–Crippen LogP) is 4.16. The van der Waals surface area contributed by atoms with Crippen LogP contribution in [-0.2, 0) is 16.9 Å². The Morgan fingerprint density at radius 1 is 1.21 bits per heavy atom. The molecule has 0 amide bonds. The van der Waals surface area contributed by atoms with E-state index >= 15 is 0 Å². The fourth-order valence-corrected chi connectivity index (χ4v) is 3.95. The summed E-state index contributed by atoms with van der Waals surface area (Å²) >= 11 is 5.95. The summed E-state index contributed by atoms with van der Waals surface area (Å²) in [7, 11) is 3.65. The maximum absolute atomic E-state index is 6.21. The molecule has 6 nitrogen and oxygen atoms in total. The van der Waals surface area contributed by atoms with Gasteiger partial charge in [0.1, 0.15) is 24.2 Å². The minimum atomic E-state index is -0.372. The van der Waals surface area contributed by atoms with Crippen LogP contribution in [0.3, 0.4) is 0 Å². The Bertz CT molecular complexity index is 933. The van der Waals surface area contributed by atoms with Crippen molar-refractivity contribution in [3.8, 4) is 11.5 Å². The molecule has 0 N–H and O–H groups in total. The van der Waals surface area contributed by atoms with Gasteiger partial charge >= 0.3 is 0 Å². The van der Waals surface area contributed by atoms with Crippen molar-refractivity contribution >= 4 is 11.6 Å². The quantitative estimate of drug-likeness (QED) is 0.582. The minimum Gasteiger partial charge on any atom is -0.497 e. The van der Waals surface area contributed by atoms with Gasteiger partial charge in [0.15, 0.2) is 0 Å². The highest BCUT2D eigenvalue weighted by Crippen LogP contribution is 2.42. The van der Waals surface area contributed by atoms with Crippen molar-refractivity contribution in [2.24, 2.45) is 0 Å². The first-order chi connectivity index (χ1) is 14.1. The van der Waals surface area contributed by atoms with Crippen LogP contribution < -0.4 is 9.47 Å². The lowest BCUT2D eigenvalue weighted by Crippen LogP contribution is -2.41. The maximum atomic E-state index is 6.21. The molecule has 152 valence electrons. The van der Waals surface area contributed by atoms with Gasteiger partial charge in [-0.15, -0.1) is 0 Å². The summed E-state index contributed by atoms with van der Waals surface area (Å²) in [5.74, 6) is 1.59. The molecule has 0 spiro atoms. The summed E-state index contributed by atoms with van der Waals surface area (Å²) < 4.78 is 13.5. The zero-order valence-corrected chi connectivity index (χ0v) is 17.2. The fraction of sp³-hybridized carbons (Fsp3) is 0.318. The van der Waals surface area contributed by atoms with Crippen LogP contribution in [0.5, 0.6) is 11.5 Å². The fourth-order valence-electron chi connectivity index (χ4n) is 3.83. The van der Waals surface area contributed by atoms with E-state index in [1.54, 1.807) is 13.3 Å². The van der Waals surface area contributed by atoms with E-state index < -0.39 is 0 Å². The molecule has 0 aliphatic carbocycles. The highest BCUT2D eigenvalue weighted by atomic mass is 35.5. The minimum absolute atomic E-state index is 0.0922. The van der Waals surface area contributed by atoms with E-state index in [0.717, 1.165) is 23.5 Å². The zero-order valence-electron chi connectivity index (χ0n) is 16.5. The number of benzene rings is 2. The van der Waals surface area contributed by atoms with Gasteiger partial charge < -0.3 is 14.0 Å². The van der Waals surface area contributed by atoms with Crippen molar-refractivity contribution in [1.82, 2.24) is 14.6 Å². The van der Waals surface area contributed by atoms with Crippen LogP contribution in [0.2, 0.25) is 5.02 Å². The topological polar surface area (TPSA) is 48.8 Å². The van der Waals surface area contributed by atoms with Gasteiger partial charge in [-0.2, -0.15) is 5.06 Å². The highest BCUT2D eigenvalue weighted by Gasteiger charge is 2.47. The third kappa shape index (κ3) is 4.24. The normalized spacial score (nSPS) is 22.0. The van der Waals surface area contributed by atoms with Crippen LogP contribution in [0.15, 0.2) is 67.3 Å². The molecule has 2 atom stereocenters. The number of aromatic nitrogens is 2. The zero-order chi connectivity index (χ0) is 20.3. The Hall–Kier alpha value is -2.54. The van der Waals surface area contributed by atoms with Crippen molar-refractivity contribution in [1.29, 1.82) is 0 Å². The second-order valence-corrected chi connectivity index (χ2v) is 7.63. The van der Waals surface area contributed by atoms with Crippen LogP contribution in [0.4, 0.5) is 0 Å². The van der Waals surface area contributed by atoms with Crippen molar-refractivity contribution in [3.05, 3.63) is 77.8 Å². The lowest BCUT2D eigenvalue weighted by Gasteiger charge is -2.35. The van der Waals surface area contributed by atoms with Gasteiger partial charge in [-0.05, 0) is 42.0 Å². The van der Waals surface area contributed by atoms with E-state index in [9.17, 15) is 0 Å². The second-order valence-electron chi connectivity index (χ2n) is 7.19. The number of hydroxylamine groups is 2. The van der Waals surface area contributed by atoms with E-state index in [1.165, 1.54) is 0 Å². The molecule has 1 saturated heterocycles. The SMILES string of the molecule is COc1cccc(C2(Cn3ccnc3)CC(COc3ccc(Cl)cc3)ON2C)c1. The average Bonchev–Trinajstić information content (AvgIpc) is 3.36. The van der Waals surface area contributed by atoms with Crippen LogP contribution in [0.1, 0.15) is 12.0 Å². The van der Waals surface area contributed by atoms with Gasteiger partial charge in [-0.25, -0.2) is 4.98 Å². The highest BCUT2D eigenvalue weighted by molar-refractivity contribution is 6.30. The molecule has 4 rings (SSSR count). The number of ether oxygens (including phenoxy) is 2. The van der Waals surface area contributed by atoms with Crippen LogP contribution in [0, 0.1) is 0 Å². The molecular weight excluding hydrogens is 390 g/mol. The third-order valence-corrected chi connectivity index (χ3v) is 5.59. The Balaban J connectivity index is 1.57. The van der Waals surface area contributed by atoms with Gasteiger partial charge in [0.05, 0.1) is 19.0 Å². The number of hydrogen-bond donors (Lipinski definition) is 0. The molecule has 2 heterocycles. The summed E-state index contributed by atoms with van der Waals surface area (Å²) in [6.45, 7) is 1.15. The van der Waals surface area contributed by atoms with Crippen LogP contribution >= 0.6 is 11.6 Å². The first-order valence-corrected chi connectivity index (χ1v) is 9.86. The Labute approximate surface area is 175 Å². The molecular formula is C22H24ClN3O3. The van der Waals surface area contributed by atoms with Gasteiger partial charge in [0.25, 0.3) is 0 Å². The Morgan fingerprint density at radius 2 is 2.03 bits per heavy atom. The summed E-state index contributed by atoms with van der Waals surface area (Å²) in [6, 6.07) is 15.5. The average molecular weight is 414 g/mol. The van der Waals surface area contributed by atoms with E-state index in [4.69, 9.17) is 25.9 Å². The number of nitrogens with zero attached hydrogens (tertiary/aromatic N) is 3. The molecule has 7 heteroatoms. The smallest absolute Gasteiger partial charge is 0.119 e. The lowest BCUT2D eigenvalue weighted by molar-refractivity contribution is -0.179. The van der Waals surface area contributed by atoms with E-state index in [0.29, 0.717) is 18.2 Å². The molecule has 3 aromatic rings. The first-order valence-electron chi connectivity index (χ1n) is 9.48. The molecule has 1 aliphatic rings. The summed E-state index contributed by atoms with van der Waals surface area (Å²) in [6.07, 6.45) is 6.25. The molecule has 0 saturated carbocycles. The monoisotopic (exact) mass is 413 g/mol. The van der Waals surface area contributed by atoms with E-state index in [-0.39, 0.29) is 11.6 Å². The second kappa shape index (κ2) is 8.45. The van der Waals surface area contributed by atoms with Gasteiger partial charge in [-0.1, -0.05) is 23.7 Å². The van der Waals surface area contributed by atoms with Crippen LogP contribution in [0.25, 0.3) is 0 Å². The molecule has 2 aromatic carbocycles. The maximum Gasteiger partial charge on any atom is 0.119 e. The van der Waals surface area contributed by atoms with Crippen LogP contribution in [-0.4, -0.2) is 41.5 Å². The van der Waals surface area contributed by atoms with Crippen molar-refractivity contribution in [3.63, 3.8) is 0 Å². The molecule has 1 aromatic heterocycles. The van der Waals surface area contributed by atoms with Gasteiger partial charge in [0.2, 0.25) is 0 Å². The number of imidazole rings is 1. The summed E-state index contributed by atoms with van der Waals surface area (Å²) in [5.41, 5.74) is 0.755. The standard InChI is InChI=1S/C22H24ClN3O3/c1-25-22(15-26-11-10-24-16-26,17-4-3-5-20(12-17)27-2)13-21(29-25)14-28-19-8-6-18(23)7-9-19/h3-12,16,21H,13-15H2,1-2H3.